The van der Waals surface area contributed by atoms with Gasteiger partial charge in [0, 0.05) is 5.56 Å². The number of benzene rings is 2. The molecule has 1 fully saturated rings. The second-order valence-corrected chi connectivity index (χ2v) is 14.3. The fraction of sp³-hybridized carbons (Fsp3) is 0.519. The molecule has 0 unspecified atom stereocenters. The van der Waals surface area contributed by atoms with Crippen LogP contribution in [-0.2, 0) is 16.3 Å². The van der Waals surface area contributed by atoms with Crippen molar-refractivity contribution in [2.75, 3.05) is 5.75 Å². The normalized spacial score (nSPS) is 20.0. The fourth-order valence-corrected chi connectivity index (χ4v) is 7.11. The van der Waals surface area contributed by atoms with E-state index in [1.54, 1.807) is 11.3 Å². The van der Waals surface area contributed by atoms with Crippen molar-refractivity contribution in [3.63, 3.8) is 0 Å². The number of nitrogens with zero attached hydrogens (tertiary/aromatic N) is 1. The maximum atomic E-state index is 12.5. The summed E-state index contributed by atoms with van der Waals surface area (Å²) in [6.45, 7) is 7.57. The Labute approximate surface area is 197 Å². The molecule has 0 aliphatic heterocycles. The zero-order valence-electron chi connectivity index (χ0n) is 19.7. The Morgan fingerprint density at radius 2 is 1.62 bits per heavy atom. The largest absolute Gasteiger partial charge is 0.236 e. The van der Waals surface area contributed by atoms with Crippen LogP contribution in [0.4, 0.5) is 0 Å². The summed E-state index contributed by atoms with van der Waals surface area (Å²) in [6, 6.07) is 15.3. The van der Waals surface area contributed by atoms with E-state index in [-0.39, 0.29) is 0 Å². The summed E-state index contributed by atoms with van der Waals surface area (Å²) >= 11 is 1.76. The molecule has 0 N–H and O–H groups in total. The van der Waals surface area contributed by atoms with Gasteiger partial charge in [-0.1, -0.05) is 43.2 Å². The Kier molecular flexibility index (Phi) is 6.78. The van der Waals surface area contributed by atoms with Crippen molar-refractivity contribution >= 4 is 31.4 Å². The third-order valence-corrected chi connectivity index (χ3v) is 10.8. The molecule has 0 bridgehead atoms. The summed E-state index contributed by atoms with van der Waals surface area (Å²) < 4.78 is 25.6. The maximum absolute atomic E-state index is 12.5. The minimum Gasteiger partial charge on any atom is -0.236 e. The predicted octanol–water partition coefficient (Wildman–Crippen LogP) is 7.22. The Morgan fingerprint density at radius 3 is 2.28 bits per heavy atom. The summed E-state index contributed by atoms with van der Waals surface area (Å²) in [5, 5.41) is 1.08. The van der Waals surface area contributed by atoms with Crippen molar-refractivity contribution < 1.29 is 8.42 Å². The highest BCUT2D eigenvalue weighted by atomic mass is 32.2. The number of hydrogen-bond acceptors (Lipinski definition) is 4. The zero-order valence-corrected chi connectivity index (χ0v) is 21.4. The van der Waals surface area contributed by atoms with Gasteiger partial charge in [0.15, 0.2) is 9.84 Å². The van der Waals surface area contributed by atoms with E-state index in [9.17, 15) is 8.42 Å². The molecule has 5 heteroatoms. The second kappa shape index (κ2) is 9.26. The number of rotatable bonds is 6. The molecular formula is C27H35NO2S2. The Balaban J connectivity index is 1.29. The van der Waals surface area contributed by atoms with Gasteiger partial charge in [-0.05, 0) is 88.5 Å². The van der Waals surface area contributed by atoms with E-state index in [1.807, 2.05) is 20.8 Å². The first-order valence-electron chi connectivity index (χ1n) is 11.8. The summed E-state index contributed by atoms with van der Waals surface area (Å²) in [5.74, 6) is 1.42. The molecule has 3 aromatic rings. The van der Waals surface area contributed by atoms with Gasteiger partial charge < -0.3 is 0 Å². The van der Waals surface area contributed by atoms with Crippen molar-refractivity contribution in [1.82, 2.24) is 4.98 Å². The average molecular weight is 470 g/mol. The van der Waals surface area contributed by atoms with Gasteiger partial charge in [0.1, 0.15) is 5.01 Å². The van der Waals surface area contributed by atoms with Crippen LogP contribution in [-0.4, -0.2) is 23.9 Å². The summed E-state index contributed by atoms with van der Waals surface area (Å²) in [5.41, 5.74) is 4.91. The Bertz CT molecular complexity index is 1160. The van der Waals surface area contributed by atoms with Gasteiger partial charge in [-0.15, -0.1) is 11.3 Å². The monoisotopic (exact) mass is 469 g/mol. The van der Waals surface area contributed by atoms with Gasteiger partial charge in [0.25, 0.3) is 0 Å². The lowest BCUT2D eigenvalue weighted by atomic mass is 9.80. The first kappa shape index (κ1) is 23.4. The average Bonchev–Trinajstić information content (AvgIpc) is 3.16. The first-order valence-corrected chi connectivity index (χ1v) is 14.3. The van der Waals surface area contributed by atoms with E-state index < -0.39 is 14.6 Å². The Morgan fingerprint density at radius 1 is 0.969 bits per heavy atom. The molecule has 0 amide bonds. The molecule has 32 heavy (non-hydrogen) atoms. The molecule has 0 atom stereocenters. The van der Waals surface area contributed by atoms with Crippen molar-refractivity contribution in [3.8, 4) is 10.6 Å². The molecule has 172 valence electrons. The van der Waals surface area contributed by atoms with Gasteiger partial charge in [-0.3, -0.25) is 0 Å². The molecule has 1 aliphatic rings. The van der Waals surface area contributed by atoms with Crippen LogP contribution < -0.4 is 0 Å². The van der Waals surface area contributed by atoms with Gasteiger partial charge in [-0.2, -0.15) is 0 Å². The van der Waals surface area contributed by atoms with Crippen LogP contribution in [0.5, 0.6) is 0 Å². The van der Waals surface area contributed by atoms with Crippen molar-refractivity contribution in [2.24, 2.45) is 11.8 Å². The number of fused-ring (bicyclic) bond motifs is 1. The van der Waals surface area contributed by atoms with E-state index in [1.165, 1.54) is 27.8 Å². The molecular weight excluding hydrogens is 434 g/mol. The molecule has 0 spiro atoms. The van der Waals surface area contributed by atoms with Crippen LogP contribution in [0.1, 0.15) is 64.0 Å². The van der Waals surface area contributed by atoms with Gasteiger partial charge in [0.05, 0.1) is 20.7 Å². The van der Waals surface area contributed by atoms with Gasteiger partial charge in [0.2, 0.25) is 0 Å². The van der Waals surface area contributed by atoms with Crippen molar-refractivity contribution in [1.29, 1.82) is 0 Å². The first-order chi connectivity index (χ1) is 15.1. The lowest BCUT2D eigenvalue weighted by molar-refractivity contribution is 0.278. The summed E-state index contributed by atoms with van der Waals surface area (Å²) in [7, 11) is -3.01. The number of aryl methyl sites for hydroxylation is 2. The predicted molar refractivity (Wildman–Crippen MR) is 137 cm³/mol. The highest BCUT2D eigenvalue weighted by molar-refractivity contribution is 7.92. The van der Waals surface area contributed by atoms with Crippen LogP contribution in [0, 0.1) is 18.8 Å². The van der Waals surface area contributed by atoms with Gasteiger partial charge in [-0.25, -0.2) is 13.4 Å². The zero-order chi connectivity index (χ0) is 22.9. The van der Waals surface area contributed by atoms with E-state index >= 15 is 0 Å². The van der Waals surface area contributed by atoms with E-state index in [0.29, 0.717) is 11.7 Å². The van der Waals surface area contributed by atoms with Crippen LogP contribution >= 0.6 is 11.3 Å². The Hall–Kier alpha value is -1.72. The number of hydrogen-bond donors (Lipinski definition) is 0. The third kappa shape index (κ3) is 5.43. The smallest absolute Gasteiger partial charge is 0.155 e. The lowest BCUT2D eigenvalue weighted by Gasteiger charge is -2.30. The number of thiazole rings is 1. The third-order valence-electron chi connectivity index (χ3n) is 6.94. The highest BCUT2D eigenvalue weighted by Crippen LogP contribution is 2.35. The minimum atomic E-state index is -3.01. The van der Waals surface area contributed by atoms with Crippen LogP contribution in [0.2, 0.25) is 0 Å². The molecule has 4 rings (SSSR count). The second-order valence-electron chi connectivity index (χ2n) is 10.5. The quantitative estimate of drug-likeness (QED) is 0.383. The van der Waals surface area contributed by atoms with Gasteiger partial charge >= 0.3 is 0 Å². The fourth-order valence-electron chi connectivity index (χ4n) is 4.59. The highest BCUT2D eigenvalue weighted by Gasteiger charge is 2.33. The van der Waals surface area contributed by atoms with Crippen LogP contribution in [0.15, 0.2) is 42.5 Å². The van der Waals surface area contributed by atoms with Crippen molar-refractivity contribution in [3.05, 3.63) is 53.6 Å². The van der Waals surface area contributed by atoms with E-state index in [2.05, 4.69) is 49.4 Å². The minimum absolute atomic E-state index is 0.340. The summed E-state index contributed by atoms with van der Waals surface area (Å²) in [4.78, 5) is 4.80. The SMILES string of the molecule is Cc1ccc2nc(-c3ccc(CCC4CCC(CS(=O)(=O)C(C)(C)C)CC4)cc3)sc2c1. The maximum Gasteiger partial charge on any atom is 0.155 e. The molecule has 2 aromatic carbocycles. The topological polar surface area (TPSA) is 47.0 Å². The molecule has 0 saturated heterocycles. The van der Waals surface area contributed by atoms with Crippen LogP contribution in [0.3, 0.4) is 0 Å². The molecule has 1 heterocycles. The van der Waals surface area contributed by atoms with Crippen LogP contribution in [0.25, 0.3) is 20.8 Å². The van der Waals surface area contributed by atoms with E-state index in [0.717, 1.165) is 48.5 Å². The van der Waals surface area contributed by atoms with Crippen molar-refractivity contribution in [2.45, 2.75) is 71.0 Å². The lowest BCUT2D eigenvalue weighted by Crippen LogP contribution is -2.34. The van der Waals surface area contributed by atoms with E-state index in [4.69, 9.17) is 4.98 Å². The molecule has 0 radical (unpaired) electrons. The molecule has 1 aromatic heterocycles. The molecule has 1 aliphatic carbocycles. The molecule has 3 nitrogen and oxygen atoms in total. The number of sulfone groups is 1. The summed E-state index contributed by atoms with van der Waals surface area (Å²) in [6.07, 6.45) is 6.71. The number of aromatic nitrogens is 1. The standard InChI is InChI=1S/C27H35NO2S2/c1-19-5-16-24-25(17-19)31-26(28-24)23-14-12-21(13-15-23)7-6-20-8-10-22(11-9-20)18-32(29,30)27(2,3)4/h5,12-17,20,22H,6-11,18H2,1-4H3. The molecule has 1 saturated carbocycles.